The van der Waals surface area contributed by atoms with Gasteiger partial charge >= 0.3 is 0 Å². The summed E-state index contributed by atoms with van der Waals surface area (Å²) in [4.78, 5) is 7.68. The van der Waals surface area contributed by atoms with E-state index >= 15 is 0 Å². The average Bonchev–Trinajstić information content (AvgIpc) is 3.08. The van der Waals surface area contributed by atoms with Gasteiger partial charge in [-0.25, -0.2) is 9.37 Å². The van der Waals surface area contributed by atoms with Crippen LogP contribution in [0.5, 0.6) is 0 Å². The van der Waals surface area contributed by atoms with E-state index in [1.807, 2.05) is 0 Å². The van der Waals surface area contributed by atoms with E-state index < -0.39 is 0 Å². The van der Waals surface area contributed by atoms with Crippen LogP contribution in [0.3, 0.4) is 0 Å². The molecule has 3 rings (SSSR count). The summed E-state index contributed by atoms with van der Waals surface area (Å²) >= 11 is 0. The van der Waals surface area contributed by atoms with Crippen LogP contribution in [0, 0.1) is 5.82 Å². The van der Waals surface area contributed by atoms with Gasteiger partial charge in [-0.2, -0.15) is 0 Å². The molecule has 1 aliphatic heterocycles. The first-order chi connectivity index (χ1) is 9.26. The average molecular weight is 261 g/mol. The Labute approximate surface area is 111 Å². The normalized spacial score (nSPS) is 22.8. The lowest BCUT2D eigenvalue weighted by Gasteiger charge is -2.06. The zero-order valence-corrected chi connectivity index (χ0v) is 10.7. The predicted octanol–water partition coefficient (Wildman–Crippen LogP) is 2.27. The second-order valence-corrected chi connectivity index (χ2v) is 4.74. The van der Waals surface area contributed by atoms with Crippen molar-refractivity contribution >= 4 is 0 Å². The van der Waals surface area contributed by atoms with Crippen molar-refractivity contribution in [2.24, 2.45) is 0 Å². The molecule has 0 radical (unpaired) electrons. The van der Waals surface area contributed by atoms with Crippen molar-refractivity contribution in [3.8, 4) is 11.3 Å². The second-order valence-electron chi connectivity index (χ2n) is 4.74. The van der Waals surface area contributed by atoms with E-state index in [4.69, 9.17) is 4.74 Å². The Kier molecular flexibility index (Phi) is 3.31. The molecule has 2 atom stereocenters. The molecular weight excluding hydrogens is 245 g/mol. The topological polar surface area (TPSA) is 49.9 Å². The highest BCUT2D eigenvalue weighted by atomic mass is 19.1. The highest BCUT2D eigenvalue weighted by Gasteiger charge is 2.27. The van der Waals surface area contributed by atoms with Gasteiger partial charge in [0.05, 0.1) is 24.0 Å². The number of aromatic amines is 1. The van der Waals surface area contributed by atoms with Crippen LogP contribution in [0.1, 0.15) is 18.3 Å². The van der Waals surface area contributed by atoms with Crippen LogP contribution in [-0.4, -0.2) is 29.7 Å². The van der Waals surface area contributed by atoms with E-state index in [0.29, 0.717) is 0 Å². The highest BCUT2D eigenvalue weighted by molar-refractivity contribution is 5.58. The van der Waals surface area contributed by atoms with E-state index in [2.05, 4.69) is 15.3 Å². The fraction of sp³-hybridized carbons (Fsp3) is 0.357. The molecule has 2 heterocycles. The lowest BCUT2D eigenvalue weighted by atomic mass is 10.1. The first kappa shape index (κ1) is 12.3. The summed E-state index contributed by atoms with van der Waals surface area (Å²) in [5, 5.41) is 3.37. The fourth-order valence-corrected chi connectivity index (χ4v) is 2.38. The molecule has 2 aromatic rings. The van der Waals surface area contributed by atoms with Gasteiger partial charge in [0, 0.05) is 13.7 Å². The van der Waals surface area contributed by atoms with Gasteiger partial charge < -0.3 is 15.0 Å². The maximum atomic E-state index is 12.9. The molecule has 1 fully saturated rings. The van der Waals surface area contributed by atoms with Crippen LogP contribution >= 0.6 is 0 Å². The van der Waals surface area contributed by atoms with E-state index in [1.54, 1.807) is 25.4 Å². The number of benzene rings is 1. The number of methoxy groups -OCH3 is 1. The third-order valence-corrected chi connectivity index (χ3v) is 3.50. The standard InChI is InChI=1S/C14H16FN3O/c1-19-11-6-12(16-7-11)14-17-8-13(18-14)9-2-4-10(15)5-3-9/h2-5,8,11-12,16H,6-7H2,1H3,(H,17,18). The predicted molar refractivity (Wildman–Crippen MR) is 70.1 cm³/mol. The Morgan fingerprint density at radius 3 is 2.79 bits per heavy atom. The molecule has 1 aliphatic rings. The minimum atomic E-state index is -0.233. The molecule has 0 amide bonds. The summed E-state index contributed by atoms with van der Waals surface area (Å²) < 4.78 is 18.2. The largest absolute Gasteiger partial charge is 0.380 e. The van der Waals surface area contributed by atoms with Gasteiger partial charge in [0.25, 0.3) is 0 Å². The molecule has 2 N–H and O–H groups in total. The highest BCUT2D eigenvalue weighted by Crippen LogP contribution is 2.25. The van der Waals surface area contributed by atoms with E-state index in [-0.39, 0.29) is 18.0 Å². The Balaban J connectivity index is 1.78. The van der Waals surface area contributed by atoms with Gasteiger partial charge in [0.1, 0.15) is 11.6 Å². The van der Waals surface area contributed by atoms with Crippen LogP contribution in [0.15, 0.2) is 30.5 Å². The van der Waals surface area contributed by atoms with Crippen LogP contribution in [0.4, 0.5) is 4.39 Å². The van der Waals surface area contributed by atoms with Gasteiger partial charge in [-0.1, -0.05) is 0 Å². The van der Waals surface area contributed by atoms with Crippen LogP contribution in [-0.2, 0) is 4.74 Å². The molecule has 0 spiro atoms. The van der Waals surface area contributed by atoms with E-state index in [1.165, 1.54) is 12.1 Å². The number of aromatic nitrogens is 2. The number of rotatable bonds is 3. The van der Waals surface area contributed by atoms with Gasteiger partial charge in [0.2, 0.25) is 0 Å². The van der Waals surface area contributed by atoms with E-state index in [9.17, 15) is 4.39 Å². The van der Waals surface area contributed by atoms with Crippen LogP contribution in [0.25, 0.3) is 11.3 Å². The minimum absolute atomic E-state index is 0.194. The number of nitrogens with one attached hydrogen (secondary N) is 2. The summed E-state index contributed by atoms with van der Waals surface area (Å²) in [5.74, 6) is 0.669. The molecule has 1 saturated heterocycles. The van der Waals surface area contributed by atoms with E-state index in [0.717, 1.165) is 30.0 Å². The number of hydrogen-bond acceptors (Lipinski definition) is 3. The zero-order chi connectivity index (χ0) is 13.2. The second kappa shape index (κ2) is 5.11. The lowest BCUT2D eigenvalue weighted by molar-refractivity contribution is 0.117. The van der Waals surface area contributed by atoms with Gasteiger partial charge in [-0.3, -0.25) is 0 Å². The summed E-state index contributed by atoms with van der Waals surface area (Å²) in [6, 6.07) is 6.58. The van der Waals surface area contributed by atoms with Crippen molar-refractivity contribution in [3.05, 3.63) is 42.1 Å². The molecule has 0 bridgehead atoms. The number of nitrogens with zero attached hydrogens (tertiary/aromatic N) is 1. The van der Waals surface area contributed by atoms with Gasteiger partial charge in [-0.15, -0.1) is 0 Å². The van der Waals surface area contributed by atoms with Crippen molar-refractivity contribution in [1.82, 2.24) is 15.3 Å². The van der Waals surface area contributed by atoms with Crippen molar-refractivity contribution < 1.29 is 9.13 Å². The Morgan fingerprint density at radius 1 is 1.32 bits per heavy atom. The smallest absolute Gasteiger partial charge is 0.123 e. The molecule has 0 saturated carbocycles. The first-order valence-corrected chi connectivity index (χ1v) is 6.33. The molecule has 19 heavy (non-hydrogen) atoms. The minimum Gasteiger partial charge on any atom is -0.380 e. The lowest BCUT2D eigenvalue weighted by Crippen LogP contribution is -2.16. The molecule has 5 heteroatoms. The van der Waals surface area contributed by atoms with Gasteiger partial charge in [0.15, 0.2) is 0 Å². The number of hydrogen-bond donors (Lipinski definition) is 2. The maximum absolute atomic E-state index is 12.9. The Hall–Kier alpha value is -1.72. The third-order valence-electron chi connectivity index (χ3n) is 3.50. The number of halogens is 1. The SMILES string of the molecule is COC1CNC(c2ncc(-c3ccc(F)cc3)[nH]2)C1. The summed E-state index contributed by atoms with van der Waals surface area (Å²) in [6.45, 7) is 0.841. The van der Waals surface area contributed by atoms with Gasteiger partial charge in [-0.05, 0) is 36.2 Å². The Bertz CT molecular complexity index is 552. The van der Waals surface area contributed by atoms with Crippen molar-refractivity contribution in [2.75, 3.05) is 13.7 Å². The molecule has 0 aliphatic carbocycles. The molecule has 2 unspecified atom stereocenters. The van der Waals surface area contributed by atoms with Crippen molar-refractivity contribution in [1.29, 1.82) is 0 Å². The molecular formula is C14H16FN3O. The van der Waals surface area contributed by atoms with Crippen LogP contribution in [0.2, 0.25) is 0 Å². The Morgan fingerprint density at radius 2 is 2.11 bits per heavy atom. The molecule has 1 aromatic carbocycles. The maximum Gasteiger partial charge on any atom is 0.123 e. The van der Waals surface area contributed by atoms with Crippen molar-refractivity contribution in [2.45, 2.75) is 18.6 Å². The summed E-state index contributed by atoms with van der Waals surface area (Å²) in [5.41, 5.74) is 1.83. The third kappa shape index (κ3) is 2.52. The first-order valence-electron chi connectivity index (χ1n) is 6.33. The molecule has 100 valence electrons. The zero-order valence-electron chi connectivity index (χ0n) is 10.7. The molecule has 1 aromatic heterocycles. The number of imidazole rings is 1. The number of ether oxygens (including phenoxy) is 1. The molecule has 4 nitrogen and oxygen atoms in total. The summed E-state index contributed by atoms with van der Waals surface area (Å²) in [7, 11) is 1.72. The van der Waals surface area contributed by atoms with Crippen molar-refractivity contribution in [3.63, 3.8) is 0 Å². The van der Waals surface area contributed by atoms with Crippen LogP contribution < -0.4 is 5.32 Å². The summed E-state index contributed by atoms with van der Waals surface area (Å²) in [6.07, 6.45) is 2.93. The quantitative estimate of drug-likeness (QED) is 0.891. The fourth-order valence-electron chi connectivity index (χ4n) is 2.38. The monoisotopic (exact) mass is 261 g/mol. The number of H-pyrrole nitrogens is 1.